The van der Waals surface area contributed by atoms with Crippen LogP contribution in [0.3, 0.4) is 0 Å². The summed E-state index contributed by atoms with van der Waals surface area (Å²) in [5, 5.41) is 11.8. The molecule has 1 amide bonds. The maximum Gasteiger partial charge on any atom is 0.251 e. The number of hydrogen-bond acceptors (Lipinski definition) is 3. The van der Waals surface area contributed by atoms with E-state index in [1.165, 1.54) is 0 Å². The molecule has 4 nitrogen and oxygen atoms in total. The minimum atomic E-state index is -0.0868. The molecule has 2 aromatic rings. The topological polar surface area (TPSA) is 58.6 Å². The molecule has 21 heavy (non-hydrogen) atoms. The summed E-state index contributed by atoms with van der Waals surface area (Å²) in [5.74, 6) is 0.674. The number of benzene rings is 2. The number of nitrogens with one attached hydrogen (secondary N) is 1. The van der Waals surface area contributed by atoms with Gasteiger partial charge >= 0.3 is 0 Å². The fourth-order valence-electron chi connectivity index (χ4n) is 1.80. The van der Waals surface area contributed by atoms with Crippen LogP contribution in [0.2, 0.25) is 0 Å². The number of ether oxygens (including phenoxy) is 1. The molecule has 0 bridgehead atoms. The zero-order valence-electron chi connectivity index (χ0n) is 11.7. The van der Waals surface area contributed by atoms with Crippen LogP contribution in [0.5, 0.6) is 5.75 Å². The minimum Gasteiger partial charge on any atom is -0.494 e. The van der Waals surface area contributed by atoms with Crippen LogP contribution in [0.15, 0.2) is 48.5 Å². The maximum absolute atomic E-state index is 11.8. The lowest BCUT2D eigenvalue weighted by molar-refractivity contribution is 0.0951. The number of rotatable bonds is 7. The summed E-state index contributed by atoms with van der Waals surface area (Å²) < 4.78 is 5.56. The molecule has 109 valence electrons. The van der Waals surface area contributed by atoms with Crippen molar-refractivity contribution in [2.45, 2.75) is 13.0 Å². The molecule has 0 spiro atoms. The van der Waals surface area contributed by atoms with Gasteiger partial charge in [0.2, 0.25) is 0 Å². The van der Waals surface area contributed by atoms with E-state index in [2.05, 4.69) is 11.4 Å². The van der Waals surface area contributed by atoms with Gasteiger partial charge in [0.05, 0.1) is 13.2 Å². The molecule has 0 fully saturated rings. The first-order valence-corrected chi connectivity index (χ1v) is 6.86. The Kier molecular flexibility index (Phi) is 5.79. The van der Waals surface area contributed by atoms with Gasteiger partial charge in [0.15, 0.2) is 0 Å². The lowest BCUT2D eigenvalue weighted by Crippen LogP contribution is -2.25. The third-order valence-electron chi connectivity index (χ3n) is 2.96. The smallest absolute Gasteiger partial charge is 0.251 e. The van der Waals surface area contributed by atoms with Crippen molar-refractivity contribution in [3.8, 4) is 5.75 Å². The van der Waals surface area contributed by atoms with Crippen molar-refractivity contribution in [1.29, 1.82) is 0 Å². The monoisotopic (exact) mass is 284 g/mol. The quantitative estimate of drug-likeness (QED) is 0.766. The van der Waals surface area contributed by atoms with Crippen molar-refractivity contribution < 1.29 is 14.6 Å². The van der Waals surface area contributed by atoms with E-state index < -0.39 is 0 Å². The summed E-state index contributed by atoms with van der Waals surface area (Å²) >= 11 is 0. The molecule has 1 radical (unpaired) electrons. The van der Waals surface area contributed by atoms with Gasteiger partial charge in [-0.25, -0.2) is 0 Å². The van der Waals surface area contributed by atoms with Gasteiger partial charge in [0.1, 0.15) is 5.75 Å². The molecule has 0 aromatic heterocycles. The number of amides is 1. The van der Waals surface area contributed by atoms with Crippen LogP contribution in [0.1, 0.15) is 22.3 Å². The van der Waals surface area contributed by atoms with Gasteiger partial charge in [-0.3, -0.25) is 4.79 Å². The third kappa shape index (κ3) is 4.93. The third-order valence-corrected chi connectivity index (χ3v) is 2.96. The second-order valence-corrected chi connectivity index (χ2v) is 4.55. The zero-order valence-corrected chi connectivity index (χ0v) is 11.7. The highest BCUT2D eigenvalue weighted by atomic mass is 16.5. The average Bonchev–Trinajstić information content (AvgIpc) is 2.55. The molecular weight excluding hydrogens is 266 g/mol. The number of carbonyl (C=O) groups is 1. The predicted octanol–water partition coefficient (Wildman–Crippen LogP) is 2.18. The highest BCUT2D eigenvalue weighted by Crippen LogP contribution is 2.12. The van der Waals surface area contributed by atoms with E-state index in [9.17, 15) is 4.79 Å². The first kappa shape index (κ1) is 15.1. The molecule has 0 heterocycles. The van der Waals surface area contributed by atoms with Gasteiger partial charge in [-0.15, -0.1) is 0 Å². The van der Waals surface area contributed by atoms with E-state index in [0.29, 0.717) is 18.7 Å². The number of carbonyl (C=O) groups excluding carboxylic acids is 1. The van der Waals surface area contributed by atoms with Crippen LogP contribution < -0.4 is 10.1 Å². The fraction of sp³-hybridized carbons (Fsp3) is 0.235. The molecule has 2 aromatic carbocycles. The van der Waals surface area contributed by atoms with Crippen molar-refractivity contribution in [3.05, 3.63) is 65.7 Å². The summed E-state index contributed by atoms with van der Waals surface area (Å²) in [6, 6.07) is 17.1. The number of aliphatic hydroxyl groups excluding tert-OH is 1. The summed E-state index contributed by atoms with van der Waals surface area (Å²) in [7, 11) is 0. The van der Waals surface area contributed by atoms with Crippen LogP contribution in [-0.4, -0.2) is 24.2 Å². The Morgan fingerprint density at radius 1 is 1.14 bits per heavy atom. The average molecular weight is 284 g/mol. The summed E-state index contributed by atoms with van der Waals surface area (Å²) in [5.41, 5.74) is 1.49. The van der Waals surface area contributed by atoms with Crippen LogP contribution >= 0.6 is 0 Å². The summed E-state index contributed by atoms with van der Waals surface area (Å²) in [6.45, 7) is 1.12. The summed E-state index contributed by atoms with van der Waals surface area (Å²) in [6.07, 6.45) is 0.729. The zero-order chi connectivity index (χ0) is 14.9. The first-order chi connectivity index (χ1) is 10.3. The highest BCUT2D eigenvalue weighted by Gasteiger charge is 2.02. The molecule has 4 heteroatoms. The van der Waals surface area contributed by atoms with Gasteiger partial charge in [-0.2, -0.15) is 0 Å². The molecule has 0 atom stereocenters. The van der Waals surface area contributed by atoms with Crippen LogP contribution in [-0.2, 0) is 6.61 Å². The highest BCUT2D eigenvalue weighted by molar-refractivity contribution is 5.94. The van der Waals surface area contributed by atoms with E-state index in [1.54, 1.807) is 24.3 Å². The molecule has 2 N–H and O–H groups in total. The van der Waals surface area contributed by atoms with Gasteiger partial charge in [-0.1, -0.05) is 24.3 Å². The Labute approximate surface area is 124 Å². The van der Waals surface area contributed by atoms with Crippen LogP contribution in [0.4, 0.5) is 0 Å². The lowest BCUT2D eigenvalue weighted by atomic mass is 10.2. The SMILES string of the molecule is O=C(NCCCOc1ccc(CO)cc1)c1cc[c]cc1. The Morgan fingerprint density at radius 3 is 2.52 bits per heavy atom. The van der Waals surface area contributed by atoms with Gasteiger partial charge in [-0.05, 0) is 42.3 Å². The fourth-order valence-corrected chi connectivity index (χ4v) is 1.80. The van der Waals surface area contributed by atoms with Gasteiger partial charge in [0, 0.05) is 12.1 Å². The van der Waals surface area contributed by atoms with E-state index in [4.69, 9.17) is 9.84 Å². The Morgan fingerprint density at radius 2 is 1.86 bits per heavy atom. The molecule has 0 aliphatic carbocycles. The Balaban J connectivity index is 1.64. The van der Waals surface area contributed by atoms with Crippen molar-refractivity contribution in [1.82, 2.24) is 5.32 Å². The van der Waals surface area contributed by atoms with E-state index in [-0.39, 0.29) is 12.5 Å². The largest absolute Gasteiger partial charge is 0.494 e. The van der Waals surface area contributed by atoms with E-state index in [0.717, 1.165) is 17.7 Å². The van der Waals surface area contributed by atoms with Crippen LogP contribution in [0.25, 0.3) is 0 Å². The van der Waals surface area contributed by atoms with Gasteiger partial charge < -0.3 is 15.2 Å². The maximum atomic E-state index is 11.8. The molecule has 0 aliphatic rings. The van der Waals surface area contributed by atoms with Crippen LogP contribution in [0, 0.1) is 6.07 Å². The molecular formula is C17H18NO3. The second-order valence-electron chi connectivity index (χ2n) is 4.55. The van der Waals surface area contributed by atoms with E-state index >= 15 is 0 Å². The van der Waals surface area contributed by atoms with Crippen molar-refractivity contribution in [2.24, 2.45) is 0 Å². The molecule has 0 saturated carbocycles. The van der Waals surface area contributed by atoms with Crippen molar-refractivity contribution in [2.75, 3.05) is 13.2 Å². The Bertz CT molecular complexity index is 552. The number of hydrogen-bond donors (Lipinski definition) is 2. The standard InChI is InChI=1S/C17H18NO3/c19-13-14-7-9-16(10-8-14)21-12-4-11-18-17(20)15-5-2-1-3-6-15/h2-3,5-10,19H,4,11-13H2,(H,18,20). The number of aliphatic hydroxyl groups is 1. The van der Waals surface area contributed by atoms with E-state index in [1.807, 2.05) is 24.3 Å². The lowest BCUT2D eigenvalue weighted by Gasteiger charge is -2.08. The predicted molar refractivity (Wildman–Crippen MR) is 80.1 cm³/mol. The summed E-state index contributed by atoms with van der Waals surface area (Å²) in [4.78, 5) is 11.8. The first-order valence-electron chi connectivity index (χ1n) is 6.86. The van der Waals surface area contributed by atoms with Gasteiger partial charge in [0.25, 0.3) is 5.91 Å². The minimum absolute atomic E-state index is 0.0313. The Hall–Kier alpha value is -2.33. The molecule has 0 unspecified atom stereocenters. The second kappa shape index (κ2) is 8.07. The molecule has 2 rings (SSSR count). The molecule has 0 aliphatic heterocycles. The normalized spacial score (nSPS) is 10.1. The van der Waals surface area contributed by atoms with Crippen molar-refractivity contribution >= 4 is 5.91 Å². The van der Waals surface area contributed by atoms with Crippen molar-refractivity contribution in [3.63, 3.8) is 0 Å². The molecule has 0 saturated heterocycles.